The summed E-state index contributed by atoms with van der Waals surface area (Å²) >= 11 is 6.18. The van der Waals surface area contributed by atoms with E-state index in [2.05, 4.69) is 15.8 Å². The molecule has 0 aliphatic heterocycles. The first-order valence-electron chi connectivity index (χ1n) is 10.6. The van der Waals surface area contributed by atoms with Crippen LogP contribution in [0.25, 0.3) is 0 Å². The molecule has 0 fully saturated rings. The molecule has 1 aromatic heterocycles. The maximum absolute atomic E-state index is 12.8. The van der Waals surface area contributed by atoms with Gasteiger partial charge in [-0.2, -0.15) is 5.10 Å². The van der Waals surface area contributed by atoms with Crippen LogP contribution in [0.3, 0.4) is 0 Å². The van der Waals surface area contributed by atoms with Crippen LogP contribution < -0.4 is 15.5 Å². The lowest BCUT2D eigenvalue weighted by Gasteiger charge is -2.13. The van der Waals surface area contributed by atoms with Crippen LogP contribution in [0.15, 0.2) is 58.0 Å². The molecule has 2 N–H and O–H groups in total. The van der Waals surface area contributed by atoms with Crippen molar-refractivity contribution in [3.63, 3.8) is 0 Å². The number of furan rings is 1. The highest BCUT2D eigenvalue weighted by molar-refractivity contribution is 6.31. The first-order chi connectivity index (χ1) is 16.0. The van der Waals surface area contributed by atoms with Gasteiger partial charge in [0.05, 0.1) is 12.8 Å². The second-order valence-corrected chi connectivity index (χ2v) is 8.12. The molecule has 0 radical (unpaired) electrons. The SMILES string of the molecule is COc1cccc(C(=O)N/N=C2\CCCc3oc(C(=O)NCc4ccccc4Cl)c(C)c32)c1. The van der Waals surface area contributed by atoms with Gasteiger partial charge in [-0.25, -0.2) is 5.43 Å². The summed E-state index contributed by atoms with van der Waals surface area (Å²) < 4.78 is 11.1. The number of aryl methyl sites for hydroxylation is 1. The zero-order valence-electron chi connectivity index (χ0n) is 18.4. The fourth-order valence-electron chi connectivity index (χ4n) is 3.84. The highest BCUT2D eigenvalue weighted by Gasteiger charge is 2.28. The molecule has 1 heterocycles. The molecule has 2 amide bonds. The lowest BCUT2D eigenvalue weighted by Crippen LogP contribution is -2.23. The van der Waals surface area contributed by atoms with E-state index in [9.17, 15) is 9.59 Å². The molecule has 2 aromatic carbocycles. The molecule has 4 rings (SSSR count). The Labute approximate surface area is 196 Å². The predicted molar refractivity (Wildman–Crippen MR) is 126 cm³/mol. The van der Waals surface area contributed by atoms with Crippen molar-refractivity contribution >= 4 is 29.1 Å². The topological polar surface area (TPSA) is 92.9 Å². The number of amides is 2. The first-order valence-corrected chi connectivity index (χ1v) is 11.0. The number of hydrogen-bond acceptors (Lipinski definition) is 5. The molecule has 1 aliphatic carbocycles. The van der Waals surface area contributed by atoms with Gasteiger partial charge in [0.15, 0.2) is 5.76 Å². The Morgan fingerprint density at radius 3 is 2.73 bits per heavy atom. The van der Waals surface area contributed by atoms with Crippen LogP contribution in [0.5, 0.6) is 5.75 Å². The van der Waals surface area contributed by atoms with Crippen molar-refractivity contribution in [2.45, 2.75) is 32.7 Å². The van der Waals surface area contributed by atoms with Crippen molar-refractivity contribution in [3.05, 3.63) is 87.3 Å². The van der Waals surface area contributed by atoms with E-state index in [1.54, 1.807) is 37.4 Å². The fraction of sp³-hybridized carbons (Fsp3) is 0.240. The number of benzene rings is 2. The predicted octanol–water partition coefficient (Wildman–Crippen LogP) is 4.65. The molecule has 3 aromatic rings. The Bertz CT molecular complexity index is 1230. The van der Waals surface area contributed by atoms with Crippen LogP contribution in [0.1, 0.15) is 56.2 Å². The van der Waals surface area contributed by atoms with Gasteiger partial charge in [-0.15, -0.1) is 0 Å². The van der Waals surface area contributed by atoms with Gasteiger partial charge in [0, 0.05) is 34.7 Å². The van der Waals surface area contributed by atoms with Crippen LogP contribution >= 0.6 is 11.6 Å². The average Bonchev–Trinajstić information content (AvgIpc) is 3.19. The van der Waals surface area contributed by atoms with Crippen LogP contribution in [-0.4, -0.2) is 24.6 Å². The molecule has 0 atom stereocenters. The fourth-order valence-corrected chi connectivity index (χ4v) is 4.04. The van der Waals surface area contributed by atoms with Gasteiger partial charge in [-0.05, 0) is 49.6 Å². The van der Waals surface area contributed by atoms with E-state index in [-0.39, 0.29) is 17.6 Å². The minimum absolute atomic E-state index is 0.251. The summed E-state index contributed by atoms with van der Waals surface area (Å²) in [6.45, 7) is 2.12. The maximum atomic E-state index is 12.8. The zero-order valence-corrected chi connectivity index (χ0v) is 19.2. The number of rotatable bonds is 6. The zero-order chi connectivity index (χ0) is 23.4. The van der Waals surface area contributed by atoms with Crippen LogP contribution in [-0.2, 0) is 13.0 Å². The van der Waals surface area contributed by atoms with Gasteiger partial charge in [0.25, 0.3) is 11.8 Å². The molecule has 0 spiro atoms. The Morgan fingerprint density at radius 2 is 1.94 bits per heavy atom. The summed E-state index contributed by atoms with van der Waals surface area (Å²) in [6, 6.07) is 14.2. The number of nitrogens with one attached hydrogen (secondary N) is 2. The summed E-state index contributed by atoms with van der Waals surface area (Å²) in [5.74, 6) is 0.888. The van der Waals surface area contributed by atoms with Gasteiger partial charge in [0.1, 0.15) is 11.5 Å². The number of hydrogen-bond donors (Lipinski definition) is 2. The highest BCUT2D eigenvalue weighted by Crippen LogP contribution is 2.30. The summed E-state index contributed by atoms with van der Waals surface area (Å²) in [7, 11) is 1.55. The van der Waals surface area contributed by atoms with E-state index in [1.807, 2.05) is 25.1 Å². The summed E-state index contributed by atoms with van der Waals surface area (Å²) in [5, 5.41) is 7.82. The molecule has 0 saturated heterocycles. The smallest absolute Gasteiger partial charge is 0.287 e. The largest absolute Gasteiger partial charge is 0.497 e. The number of methoxy groups -OCH3 is 1. The van der Waals surface area contributed by atoms with Gasteiger partial charge in [0.2, 0.25) is 0 Å². The second kappa shape index (κ2) is 9.92. The molecular weight excluding hydrogens is 442 g/mol. The van der Waals surface area contributed by atoms with Gasteiger partial charge in [-0.3, -0.25) is 9.59 Å². The molecule has 0 bridgehead atoms. The van der Waals surface area contributed by atoms with E-state index in [0.717, 1.165) is 17.5 Å². The first kappa shape index (κ1) is 22.6. The molecule has 1 aliphatic rings. The van der Waals surface area contributed by atoms with Crippen molar-refractivity contribution < 1.29 is 18.7 Å². The average molecular weight is 466 g/mol. The van der Waals surface area contributed by atoms with Crippen LogP contribution in [0.4, 0.5) is 0 Å². The van der Waals surface area contributed by atoms with Crippen molar-refractivity contribution in [1.82, 2.24) is 10.7 Å². The van der Waals surface area contributed by atoms with Gasteiger partial charge >= 0.3 is 0 Å². The standard InChI is InChI=1S/C25H24ClN3O4/c1-15-22-20(28-29-24(30)16-8-5-9-18(13-16)32-2)11-6-12-21(22)33-23(15)25(31)27-14-17-7-3-4-10-19(17)26/h3-5,7-10,13H,6,11-12,14H2,1-2H3,(H,27,31)(H,29,30)/b28-20+. The van der Waals surface area contributed by atoms with Gasteiger partial charge < -0.3 is 14.5 Å². The van der Waals surface area contributed by atoms with E-state index in [0.29, 0.717) is 52.8 Å². The van der Waals surface area contributed by atoms with Crippen molar-refractivity contribution in [1.29, 1.82) is 0 Å². The lowest BCUT2D eigenvalue weighted by molar-refractivity contribution is 0.0919. The Morgan fingerprint density at radius 1 is 1.12 bits per heavy atom. The van der Waals surface area contributed by atoms with Crippen molar-refractivity contribution in [2.75, 3.05) is 7.11 Å². The lowest BCUT2D eigenvalue weighted by atomic mass is 9.93. The molecule has 0 unspecified atom stereocenters. The van der Waals surface area contributed by atoms with E-state index >= 15 is 0 Å². The van der Waals surface area contributed by atoms with E-state index in [1.165, 1.54) is 0 Å². The quantitative estimate of drug-likeness (QED) is 0.518. The molecule has 33 heavy (non-hydrogen) atoms. The summed E-state index contributed by atoms with van der Waals surface area (Å²) in [5.41, 5.74) is 6.07. The number of hydrazone groups is 1. The van der Waals surface area contributed by atoms with E-state index in [4.69, 9.17) is 20.8 Å². The van der Waals surface area contributed by atoms with Crippen molar-refractivity contribution in [3.8, 4) is 5.75 Å². The van der Waals surface area contributed by atoms with Crippen LogP contribution in [0, 0.1) is 6.92 Å². The Hall–Kier alpha value is -3.58. The highest BCUT2D eigenvalue weighted by atomic mass is 35.5. The molecule has 0 saturated carbocycles. The van der Waals surface area contributed by atoms with Gasteiger partial charge in [-0.1, -0.05) is 35.9 Å². The third-order valence-corrected chi connectivity index (χ3v) is 5.92. The Balaban J connectivity index is 1.51. The third kappa shape index (κ3) is 4.93. The molecule has 170 valence electrons. The number of ether oxygens (including phenoxy) is 1. The normalized spacial score (nSPS) is 14.0. The Kier molecular flexibility index (Phi) is 6.79. The number of carbonyl (C=O) groups is 2. The monoisotopic (exact) mass is 465 g/mol. The molecular formula is C25H24ClN3O4. The third-order valence-electron chi connectivity index (χ3n) is 5.55. The molecule has 8 heteroatoms. The number of carbonyl (C=O) groups excluding carboxylic acids is 2. The van der Waals surface area contributed by atoms with Crippen LogP contribution in [0.2, 0.25) is 5.02 Å². The second-order valence-electron chi connectivity index (χ2n) is 7.71. The molecule has 7 nitrogen and oxygen atoms in total. The number of fused-ring (bicyclic) bond motifs is 1. The summed E-state index contributed by atoms with van der Waals surface area (Å²) in [6.07, 6.45) is 2.19. The minimum Gasteiger partial charge on any atom is -0.497 e. The number of halogens is 1. The van der Waals surface area contributed by atoms with Crippen molar-refractivity contribution in [2.24, 2.45) is 5.10 Å². The maximum Gasteiger partial charge on any atom is 0.287 e. The number of nitrogens with zero attached hydrogens (tertiary/aromatic N) is 1. The minimum atomic E-state index is -0.340. The summed E-state index contributed by atoms with van der Waals surface area (Å²) in [4.78, 5) is 25.4. The van der Waals surface area contributed by atoms with E-state index < -0.39 is 0 Å².